The van der Waals surface area contributed by atoms with Crippen LogP contribution in [0, 0.1) is 0 Å². The van der Waals surface area contributed by atoms with Gasteiger partial charge in [0.15, 0.2) is 0 Å². The van der Waals surface area contributed by atoms with Gasteiger partial charge in [0, 0.05) is 28.8 Å². The van der Waals surface area contributed by atoms with Crippen molar-refractivity contribution in [3.8, 4) is 0 Å². The van der Waals surface area contributed by atoms with E-state index in [-0.39, 0.29) is 11.9 Å². The first-order chi connectivity index (χ1) is 7.47. The third-order valence-electron chi connectivity index (χ3n) is 2.82. The maximum atomic E-state index is 12.1. The molecular formula is C12H17BrN2O. The minimum absolute atomic E-state index is 0.00792. The second-order valence-electron chi connectivity index (χ2n) is 3.91. The van der Waals surface area contributed by atoms with Gasteiger partial charge in [0.05, 0.1) is 0 Å². The molecule has 0 aromatic heterocycles. The second-order valence-corrected chi connectivity index (χ2v) is 4.76. The lowest BCUT2D eigenvalue weighted by atomic mass is 10.1. The van der Waals surface area contributed by atoms with E-state index >= 15 is 0 Å². The first-order valence-electron chi connectivity index (χ1n) is 5.29. The van der Waals surface area contributed by atoms with Gasteiger partial charge in [-0.2, -0.15) is 0 Å². The fourth-order valence-corrected chi connectivity index (χ4v) is 1.60. The molecule has 0 fully saturated rings. The molecule has 16 heavy (non-hydrogen) atoms. The summed E-state index contributed by atoms with van der Waals surface area (Å²) >= 11 is 3.31. The van der Waals surface area contributed by atoms with Gasteiger partial charge in [-0.05, 0) is 47.5 Å². The van der Waals surface area contributed by atoms with Gasteiger partial charge >= 0.3 is 0 Å². The Hall–Kier alpha value is -1.03. The molecule has 2 N–H and O–H groups in total. The van der Waals surface area contributed by atoms with Crippen molar-refractivity contribution in [2.24, 2.45) is 0 Å². The van der Waals surface area contributed by atoms with Crippen molar-refractivity contribution in [2.75, 3.05) is 12.8 Å². The van der Waals surface area contributed by atoms with Gasteiger partial charge in [0.1, 0.15) is 0 Å². The van der Waals surface area contributed by atoms with Crippen LogP contribution in [-0.4, -0.2) is 23.9 Å². The monoisotopic (exact) mass is 284 g/mol. The molecule has 4 heteroatoms. The van der Waals surface area contributed by atoms with E-state index in [9.17, 15) is 4.79 Å². The van der Waals surface area contributed by atoms with E-state index < -0.39 is 0 Å². The number of carbonyl (C=O) groups is 1. The number of amides is 1. The van der Waals surface area contributed by atoms with E-state index in [0.717, 1.165) is 10.9 Å². The first-order valence-corrected chi connectivity index (χ1v) is 6.08. The molecule has 0 heterocycles. The van der Waals surface area contributed by atoms with Gasteiger partial charge < -0.3 is 10.6 Å². The van der Waals surface area contributed by atoms with Crippen molar-refractivity contribution in [3.05, 3.63) is 28.2 Å². The standard InChI is InChI=1S/C12H17BrN2O/c1-4-8(2)15(3)12(16)9-5-6-10(13)11(14)7-9/h5-8H,4,14H2,1-3H3. The molecule has 1 aromatic carbocycles. The fraction of sp³-hybridized carbons (Fsp3) is 0.417. The lowest BCUT2D eigenvalue weighted by Crippen LogP contribution is -2.34. The predicted molar refractivity (Wildman–Crippen MR) is 70.4 cm³/mol. The highest BCUT2D eigenvalue weighted by Gasteiger charge is 2.16. The second kappa shape index (κ2) is 5.34. The zero-order valence-electron chi connectivity index (χ0n) is 9.83. The van der Waals surface area contributed by atoms with Crippen molar-refractivity contribution in [3.63, 3.8) is 0 Å². The normalized spacial score (nSPS) is 12.2. The number of rotatable bonds is 3. The number of benzene rings is 1. The van der Waals surface area contributed by atoms with Crippen LogP contribution in [0.3, 0.4) is 0 Å². The molecule has 1 unspecified atom stereocenters. The SMILES string of the molecule is CCC(C)N(C)C(=O)c1ccc(Br)c(N)c1. The molecule has 0 aliphatic carbocycles. The van der Waals surface area contributed by atoms with E-state index in [0.29, 0.717) is 11.3 Å². The molecule has 0 saturated heterocycles. The van der Waals surface area contributed by atoms with E-state index in [4.69, 9.17) is 5.73 Å². The number of nitrogens with zero attached hydrogens (tertiary/aromatic N) is 1. The summed E-state index contributed by atoms with van der Waals surface area (Å²) in [6, 6.07) is 5.51. The minimum atomic E-state index is 0.00792. The van der Waals surface area contributed by atoms with Crippen LogP contribution in [0.25, 0.3) is 0 Å². The Morgan fingerprint density at radius 1 is 1.56 bits per heavy atom. The van der Waals surface area contributed by atoms with Crippen LogP contribution < -0.4 is 5.73 Å². The number of nitrogen functional groups attached to an aromatic ring is 1. The third kappa shape index (κ3) is 2.76. The van der Waals surface area contributed by atoms with Gasteiger partial charge in [0.25, 0.3) is 5.91 Å². The summed E-state index contributed by atoms with van der Waals surface area (Å²) in [7, 11) is 1.81. The first kappa shape index (κ1) is 13.0. The average molecular weight is 285 g/mol. The Bertz CT molecular complexity index is 393. The Morgan fingerprint density at radius 2 is 2.19 bits per heavy atom. The van der Waals surface area contributed by atoms with E-state index in [1.54, 1.807) is 23.1 Å². The zero-order chi connectivity index (χ0) is 12.3. The van der Waals surface area contributed by atoms with Crippen molar-refractivity contribution >= 4 is 27.5 Å². The lowest BCUT2D eigenvalue weighted by Gasteiger charge is -2.24. The molecule has 0 aliphatic rings. The number of carbonyl (C=O) groups excluding carboxylic acids is 1. The molecule has 1 amide bonds. The molecule has 0 aliphatic heterocycles. The smallest absolute Gasteiger partial charge is 0.253 e. The molecule has 1 atom stereocenters. The number of hydrogen-bond donors (Lipinski definition) is 1. The molecule has 0 saturated carbocycles. The van der Waals surface area contributed by atoms with Gasteiger partial charge in [-0.15, -0.1) is 0 Å². The van der Waals surface area contributed by atoms with E-state index in [2.05, 4.69) is 22.9 Å². The van der Waals surface area contributed by atoms with Crippen LogP contribution in [-0.2, 0) is 0 Å². The van der Waals surface area contributed by atoms with Crippen LogP contribution >= 0.6 is 15.9 Å². The van der Waals surface area contributed by atoms with Crippen LogP contribution in [0.15, 0.2) is 22.7 Å². The molecular weight excluding hydrogens is 268 g/mol. The van der Waals surface area contributed by atoms with E-state index in [1.807, 2.05) is 14.0 Å². The Balaban J connectivity index is 2.92. The topological polar surface area (TPSA) is 46.3 Å². The highest BCUT2D eigenvalue weighted by atomic mass is 79.9. The fourth-order valence-electron chi connectivity index (χ4n) is 1.35. The molecule has 88 valence electrons. The average Bonchev–Trinajstić information content (AvgIpc) is 2.29. The summed E-state index contributed by atoms with van der Waals surface area (Å²) in [5, 5.41) is 0. The summed E-state index contributed by atoms with van der Waals surface area (Å²) in [4.78, 5) is 13.8. The van der Waals surface area contributed by atoms with Crippen molar-refractivity contribution in [1.82, 2.24) is 4.90 Å². The molecule has 0 radical (unpaired) electrons. The third-order valence-corrected chi connectivity index (χ3v) is 3.54. The van der Waals surface area contributed by atoms with Crippen LogP contribution in [0.2, 0.25) is 0 Å². The van der Waals surface area contributed by atoms with Crippen molar-refractivity contribution in [1.29, 1.82) is 0 Å². The molecule has 1 aromatic rings. The van der Waals surface area contributed by atoms with Crippen molar-refractivity contribution < 1.29 is 4.79 Å². The highest BCUT2D eigenvalue weighted by Crippen LogP contribution is 2.21. The Labute approximate surface area is 105 Å². The van der Waals surface area contributed by atoms with Gasteiger partial charge in [-0.3, -0.25) is 4.79 Å². The number of hydrogen-bond acceptors (Lipinski definition) is 2. The van der Waals surface area contributed by atoms with Crippen molar-refractivity contribution in [2.45, 2.75) is 26.3 Å². The quantitative estimate of drug-likeness (QED) is 0.868. The number of halogens is 1. The summed E-state index contributed by atoms with van der Waals surface area (Å²) in [5.41, 5.74) is 6.96. The van der Waals surface area contributed by atoms with Gasteiger partial charge in [-0.1, -0.05) is 6.92 Å². The van der Waals surface area contributed by atoms with Crippen LogP contribution in [0.4, 0.5) is 5.69 Å². The van der Waals surface area contributed by atoms with Gasteiger partial charge in [-0.25, -0.2) is 0 Å². The maximum Gasteiger partial charge on any atom is 0.253 e. The van der Waals surface area contributed by atoms with Crippen LogP contribution in [0.5, 0.6) is 0 Å². The molecule has 0 bridgehead atoms. The zero-order valence-corrected chi connectivity index (χ0v) is 11.4. The molecule has 0 spiro atoms. The Morgan fingerprint density at radius 3 is 2.69 bits per heavy atom. The predicted octanol–water partition coefficient (Wildman–Crippen LogP) is 2.90. The summed E-state index contributed by atoms with van der Waals surface area (Å²) in [6.07, 6.45) is 0.939. The molecule has 3 nitrogen and oxygen atoms in total. The summed E-state index contributed by atoms with van der Waals surface area (Å²) in [6.45, 7) is 4.09. The van der Waals surface area contributed by atoms with E-state index in [1.165, 1.54) is 0 Å². The number of anilines is 1. The summed E-state index contributed by atoms with van der Waals surface area (Å²) in [5.74, 6) is 0.00792. The Kier molecular flexibility index (Phi) is 4.35. The number of nitrogens with two attached hydrogens (primary N) is 1. The summed E-state index contributed by atoms with van der Waals surface area (Å²) < 4.78 is 0.815. The lowest BCUT2D eigenvalue weighted by molar-refractivity contribution is 0.0740. The minimum Gasteiger partial charge on any atom is -0.398 e. The maximum absolute atomic E-state index is 12.1. The van der Waals surface area contributed by atoms with Crippen LogP contribution in [0.1, 0.15) is 30.6 Å². The highest BCUT2D eigenvalue weighted by molar-refractivity contribution is 9.10. The molecule has 1 rings (SSSR count). The van der Waals surface area contributed by atoms with Gasteiger partial charge in [0.2, 0.25) is 0 Å². The largest absolute Gasteiger partial charge is 0.398 e.